The molecule has 0 saturated heterocycles. The SMILES string of the molecule is O=C(COc1ccc(Cl)cc1)Nc1ccc(Nc2ccc(F)c(F)c2)nc1. The van der Waals surface area contributed by atoms with Crippen LogP contribution in [-0.2, 0) is 4.79 Å². The molecule has 2 N–H and O–H groups in total. The highest BCUT2D eigenvalue weighted by molar-refractivity contribution is 6.30. The second kappa shape index (κ2) is 8.46. The normalized spacial score (nSPS) is 10.3. The number of ether oxygens (including phenoxy) is 1. The molecule has 1 amide bonds. The Kier molecular flexibility index (Phi) is 5.83. The van der Waals surface area contributed by atoms with Crippen LogP contribution in [0.4, 0.5) is 26.0 Å². The van der Waals surface area contributed by atoms with Gasteiger partial charge in [-0.05, 0) is 48.5 Å². The number of nitrogens with zero attached hydrogens (tertiary/aromatic N) is 1. The molecule has 8 heteroatoms. The lowest BCUT2D eigenvalue weighted by Crippen LogP contribution is -2.20. The minimum Gasteiger partial charge on any atom is -0.484 e. The van der Waals surface area contributed by atoms with E-state index < -0.39 is 11.6 Å². The number of halogens is 3. The van der Waals surface area contributed by atoms with Crippen molar-refractivity contribution in [2.45, 2.75) is 0 Å². The van der Waals surface area contributed by atoms with Gasteiger partial charge in [0.15, 0.2) is 18.2 Å². The topological polar surface area (TPSA) is 63.2 Å². The van der Waals surface area contributed by atoms with Crippen molar-refractivity contribution in [2.24, 2.45) is 0 Å². The molecular weight excluding hydrogens is 376 g/mol. The van der Waals surface area contributed by atoms with Gasteiger partial charge in [0.25, 0.3) is 5.91 Å². The van der Waals surface area contributed by atoms with E-state index in [0.29, 0.717) is 28.0 Å². The summed E-state index contributed by atoms with van der Waals surface area (Å²) in [5.74, 6) is -1.29. The van der Waals surface area contributed by atoms with Crippen molar-refractivity contribution in [2.75, 3.05) is 17.2 Å². The van der Waals surface area contributed by atoms with Gasteiger partial charge in [0.2, 0.25) is 0 Å². The van der Waals surface area contributed by atoms with Crippen LogP contribution in [0.5, 0.6) is 5.75 Å². The molecule has 2 aromatic carbocycles. The average Bonchev–Trinajstić information content (AvgIpc) is 2.66. The Bertz CT molecular complexity index is 935. The number of hydrogen-bond donors (Lipinski definition) is 2. The van der Waals surface area contributed by atoms with Crippen molar-refractivity contribution in [3.05, 3.63) is 77.5 Å². The smallest absolute Gasteiger partial charge is 0.262 e. The first-order valence-electron chi connectivity index (χ1n) is 7.86. The van der Waals surface area contributed by atoms with Gasteiger partial charge in [-0.3, -0.25) is 4.79 Å². The van der Waals surface area contributed by atoms with Crippen LogP contribution in [0.3, 0.4) is 0 Å². The van der Waals surface area contributed by atoms with Gasteiger partial charge in [0.05, 0.1) is 11.9 Å². The standard InChI is InChI=1S/C19H14ClF2N3O2/c20-12-1-5-15(6-2-12)27-11-19(26)25-14-4-8-18(23-10-14)24-13-3-7-16(21)17(22)9-13/h1-10H,11H2,(H,23,24)(H,25,26). The van der Waals surface area contributed by atoms with Gasteiger partial charge in [-0.1, -0.05) is 11.6 Å². The van der Waals surface area contributed by atoms with Crippen molar-refractivity contribution in [1.82, 2.24) is 4.98 Å². The molecule has 0 spiro atoms. The van der Waals surface area contributed by atoms with Gasteiger partial charge in [0, 0.05) is 16.8 Å². The van der Waals surface area contributed by atoms with E-state index in [2.05, 4.69) is 15.6 Å². The molecule has 1 aromatic heterocycles. The Morgan fingerprint density at radius 2 is 1.74 bits per heavy atom. The Morgan fingerprint density at radius 3 is 2.41 bits per heavy atom. The van der Waals surface area contributed by atoms with Crippen LogP contribution >= 0.6 is 11.6 Å². The quantitative estimate of drug-likeness (QED) is 0.637. The van der Waals surface area contributed by atoms with Crippen LogP contribution in [0.2, 0.25) is 5.02 Å². The van der Waals surface area contributed by atoms with Gasteiger partial charge in [-0.2, -0.15) is 0 Å². The van der Waals surface area contributed by atoms with E-state index in [0.717, 1.165) is 12.1 Å². The van der Waals surface area contributed by atoms with Crippen molar-refractivity contribution < 1.29 is 18.3 Å². The van der Waals surface area contributed by atoms with E-state index >= 15 is 0 Å². The van der Waals surface area contributed by atoms with Crippen molar-refractivity contribution in [3.8, 4) is 5.75 Å². The summed E-state index contributed by atoms with van der Waals surface area (Å²) < 4.78 is 31.5. The van der Waals surface area contributed by atoms with Gasteiger partial charge in [-0.15, -0.1) is 0 Å². The van der Waals surface area contributed by atoms with Crippen LogP contribution in [0.15, 0.2) is 60.8 Å². The summed E-state index contributed by atoms with van der Waals surface area (Å²) in [5.41, 5.74) is 0.824. The molecule has 5 nitrogen and oxygen atoms in total. The van der Waals surface area contributed by atoms with E-state index in [1.54, 1.807) is 36.4 Å². The molecule has 0 saturated carbocycles. The lowest BCUT2D eigenvalue weighted by atomic mass is 10.3. The summed E-state index contributed by atoms with van der Waals surface area (Å²) >= 11 is 5.78. The highest BCUT2D eigenvalue weighted by Gasteiger charge is 2.06. The van der Waals surface area contributed by atoms with Crippen molar-refractivity contribution >= 4 is 34.7 Å². The van der Waals surface area contributed by atoms with Crippen LogP contribution in [-0.4, -0.2) is 17.5 Å². The highest BCUT2D eigenvalue weighted by atomic mass is 35.5. The van der Waals surface area contributed by atoms with E-state index in [1.807, 2.05) is 0 Å². The van der Waals surface area contributed by atoms with Gasteiger partial charge >= 0.3 is 0 Å². The maximum Gasteiger partial charge on any atom is 0.262 e. The summed E-state index contributed by atoms with van der Waals surface area (Å²) in [5, 5.41) is 6.06. The predicted octanol–water partition coefficient (Wildman–Crippen LogP) is 4.77. The molecule has 0 fully saturated rings. The minimum absolute atomic E-state index is 0.170. The lowest BCUT2D eigenvalue weighted by molar-refractivity contribution is -0.118. The molecule has 27 heavy (non-hydrogen) atoms. The number of nitrogens with one attached hydrogen (secondary N) is 2. The molecule has 0 bridgehead atoms. The molecule has 0 aliphatic heterocycles. The largest absolute Gasteiger partial charge is 0.484 e. The third kappa shape index (κ3) is 5.39. The summed E-state index contributed by atoms with van der Waals surface area (Å²) in [6.45, 7) is -0.170. The third-order valence-electron chi connectivity index (χ3n) is 3.42. The lowest BCUT2D eigenvalue weighted by Gasteiger charge is -2.09. The summed E-state index contributed by atoms with van der Waals surface area (Å²) in [6.07, 6.45) is 1.43. The molecule has 0 radical (unpaired) electrons. The number of aromatic nitrogens is 1. The monoisotopic (exact) mass is 389 g/mol. The highest BCUT2D eigenvalue weighted by Crippen LogP contribution is 2.19. The van der Waals surface area contributed by atoms with Crippen LogP contribution < -0.4 is 15.4 Å². The number of pyridine rings is 1. The number of rotatable bonds is 6. The molecule has 3 rings (SSSR count). The fourth-order valence-corrected chi connectivity index (χ4v) is 2.27. The minimum atomic E-state index is -0.954. The van der Waals surface area contributed by atoms with E-state index in [9.17, 15) is 13.6 Å². The second-order valence-corrected chi connectivity index (χ2v) is 5.91. The maximum absolute atomic E-state index is 13.2. The first-order chi connectivity index (χ1) is 13.0. The maximum atomic E-state index is 13.2. The molecule has 0 atom stereocenters. The molecule has 0 aliphatic carbocycles. The Hall–Kier alpha value is -3.19. The molecule has 0 unspecified atom stereocenters. The second-order valence-electron chi connectivity index (χ2n) is 5.48. The zero-order valence-electron chi connectivity index (χ0n) is 13.9. The zero-order chi connectivity index (χ0) is 19.2. The fourth-order valence-electron chi connectivity index (χ4n) is 2.14. The first-order valence-corrected chi connectivity index (χ1v) is 8.24. The van der Waals surface area contributed by atoms with Crippen LogP contribution in [0.25, 0.3) is 0 Å². The zero-order valence-corrected chi connectivity index (χ0v) is 14.6. The Morgan fingerprint density at radius 1 is 1.00 bits per heavy atom. The molecule has 3 aromatic rings. The number of amides is 1. The predicted molar refractivity (Wildman–Crippen MR) is 99.5 cm³/mol. The van der Waals surface area contributed by atoms with E-state index in [4.69, 9.17) is 16.3 Å². The van der Waals surface area contributed by atoms with Crippen molar-refractivity contribution in [3.63, 3.8) is 0 Å². The van der Waals surface area contributed by atoms with E-state index in [-0.39, 0.29) is 12.5 Å². The van der Waals surface area contributed by atoms with Crippen LogP contribution in [0.1, 0.15) is 0 Å². The van der Waals surface area contributed by atoms with Gasteiger partial charge < -0.3 is 15.4 Å². The molecular formula is C19H14ClF2N3O2. The molecule has 138 valence electrons. The Labute approximate surface area is 159 Å². The van der Waals surface area contributed by atoms with E-state index in [1.165, 1.54) is 12.3 Å². The fraction of sp³-hybridized carbons (Fsp3) is 0.0526. The molecule has 0 aliphatic rings. The average molecular weight is 390 g/mol. The summed E-state index contributed by atoms with van der Waals surface area (Å²) in [6, 6.07) is 13.3. The molecule has 1 heterocycles. The summed E-state index contributed by atoms with van der Waals surface area (Å²) in [4.78, 5) is 16.0. The Balaban J connectivity index is 1.52. The van der Waals surface area contributed by atoms with Gasteiger partial charge in [0.1, 0.15) is 11.6 Å². The van der Waals surface area contributed by atoms with Gasteiger partial charge in [-0.25, -0.2) is 13.8 Å². The number of anilines is 3. The number of carbonyl (C=O) groups excluding carboxylic acids is 1. The number of carbonyl (C=O) groups is 1. The number of benzene rings is 2. The third-order valence-corrected chi connectivity index (χ3v) is 3.67. The summed E-state index contributed by atoms with van der Waals surface area (Å²) in [7, 11) is 0. The van der Waals surface area contributed by atoms with Crippen molar-refractivity contribution in [1.29, 1.82) is 0 Å². The first kappa shape index (κ1) is 18.6. The number of hydrogen-bond acceptors (Lipinski definition) is 4. The van der Waals surface area contributed by atoms with Crippen LogP contribution in [0, 0.1) is 11.6 Å².